The van der Waals surface area contributed by atoms with Crippen molar-refractivity contribution in [2.75, 3.05) is 31.1 Å². The lowest BCUT2D eigenvalue weighted by atomic mass is 10.1. The molecule has 1 fully saturated rings. The molecule has 0 aliphatic carbocycles. The summed E-state index contributed by atoms with van der Waals surface area (Å²) in [6.07, 6.45) is 3.27. The Bertz CT molecular complexity index is 1530. The van der Waals surface area contributed by atoms with Crippen LogP contribution < -0.4 is 4.90 Å². The van der Waals surface area contributed by atoms with E-state index in [9.17, 15) is 4.79 Å². The molecule has 1 aliphatic rings. The van der Waals surface area contributed by atoms with Crippen molar-refractivity contribution in [3.05, 3.63) is 66.2 Å². The van der Waals surface area contributed by atoms with E-state index < -0.39 is 0 Å². The van der Waals surface area contributed by atoms with Crippen molar-refractivity contribution in [2.45, 2.75) is 20.4 Å². The molecule has 5 aromatic rings. The molecule has 0 atom stereocenters. The highest BCUT2D eigenvalue weighted by Crippen LogP contribution is 2.27. The zero-order chi connectivity index (χ0) is 23.9. The van der Waals surface area contributed by atoms with Gasteiger partial charge in [-0.05, 0) is 19.9 Å². The lowest BCUT2D eigenvalue weighted by Crippen LogP contribution is -2.49. The Kier molecular flexibility index (Phi) is 5.13. The molecule has 0 N–H and O–H groups in total. The number of rotatable bonds is 4. The average molecular weight is 468 g/mol. The van der Waals surface area contributed by atoms with E-state index in [0.717, 1.165) is 33.8 Å². The Morgan fingerprint density at radius 2 is 1.80 bits per heavy atom. The first kappa shape index (κ1) is 21.2. The minimum atomic E-state index is 0.00157. The number of carbonyl (C=O) groups excluding carboxylic acids is 1. The van der Waals surface area contributed by atoms with Gasteiger partial charge in [0.1, 0.15) is 12.1 Å². The van der Waals surface area contributed by atoms with Gasteiger partial charge >= 0.3 is 0 Å². The summed E-state index contributed by atoms with van der Waals surface area (Å²) in [4.78, 5) is 31.4. The van der Waals surface area contributed by atoms with Crippen LogP contribution in [0.1, 0.15) is 23.0 Å². The third kappa shape index (κ3) is 3.67. The van der Waals surface area contributed by atoms with E-state index in [-0.39, 0.29) is 5.91 Å². The van der Waals surface area contributed by atoms with Gasteiger partial charge in [-0.25, -0.2) is 14.6 Å². The number of carbonyl (C=O) groups is 1. The Hall–Kier alpha value is -4.34. The molecule has 0 spiro atoms. The van der Waals surface area contributed by atoms with Crippen molar-refractivity contribution >= 4 is 28.5 Å². The highest BCUT2D eigenvalue weighted by molar-refractivity contribution is 6.06. The maximum Gasteiger partial charge on any atom is 0.254 e. The first-order valence-corrected chi connectivity index (χ1v) is 11.8. The highest BCUT2D eigenvalue weighted by Gasteiger charge is 2.27. The molecule has 0 bridgehead atoms. The minimum absolute atomic E-state index is 0.00157. The van der Waals surface area contributed by atoms with Crippen molar-refractivity contribution in [1.29, 1.82) is 0 Å². The van der Waals surface area contributed by atoms with Crippen LogP contribution in [-0.4, -0.2) is 71.3 Å². The Balaban J connectivity index is 1.31. The van der Waals surface area contributed by atoms with E-state index in [1.165, 1.54) is 6.33 Å². The number of piperazine rings is 1. The number of benzene rings is 1. The average Bonchev–Trinajstić information content (AvgIpc) is 3.54. The summed E-state index contributed by atoms with van der Waals surface area (Å²) in [5.41, 5.74) is 4.01. The molecule has 176 valence electrons. The second-order valence-electron chi connectivity index (χ2n) is 8.63. The van der Waals surface area contributed by atoms with Crippen molar-refractivity contribution in [3.8, 4) is 11.3 Å². The maximum absolute atomic E-state index is 13.8. The van der Waals surface area contributed by atoms with Crippen LogP contribution in [0.15, 0.2) is 55.0 Å². The van der Waals surface area contributed by atoms with Crippen molar-refractivity contribution in [3.63, 3.8) is 0 Å². The van der Waals surface area contributed by atoms with Crippen LogP contribution >= 0.6 is 0 Å². The summed E-state index contributed by atoms with van der Waals surface area (Å²) in [6, 6.07) is 13.9. The van der Waals surface area contributed by atoms with Crippen molar-refractivity contribution < 1.29 is 4.79 Å². The number of anilines is 1. The smallest absolute Gasteiger partial charge is 0.254 e. The second-order valence-corrected chi connectivity index (χ2v) is 8.63. The highest BCUT2D eigenvalue weighted by atomic mass is 16.2. The molecule has 6 rings (SSSR count). The normalized spacial score (nSPS) is 14.2. The molecule has 35 heavy (non-hydrogen) atoms. The molecule has 1 amide bonds. The van der Waals surface area contributed by atoms with Crippen LogP contribution in [-0.2, 0) is 6.54 Å². The van der Waals surface area contributed by atoms with Gasteiger partial charge in [0.25, 0.3) is 11.7 Å². The van der Waals surface area contributed by atoms with Crippen LogP contribution in [0.2, 0.25) is 0 Å². The molecule has 1 aromatic carbocycles. The second kappa shape index (κ2) is 8.46. The summed E-state index contributed by atoms with van der Waals surface area (Å²) in [5.74, 6) is 1.53. The molecule has 0 radical (unpaired) electrons. The fourth-order valence-corrected chi connectivity index (χ4v) is 4.66. The van der Waals surface area contributed by atoms with Crippen LogP contribution in [0.3, 0.4) is 0 Å². The molecule has 0 unspecified atom stereocenters. The third-order valence-electron chi connectivity index (χ3n) is 6.46. The monoisotopic (exact) mass is 467 g/mol. The standard InChI is InChI=1S/C25H25N9O/c1-3-33-23-20(15-27-33)19(14-21(30-23)18-7-5-4-6-8-18)24(35)32-11-9-31(10-12-32)22-13-17(2)29-25-26-16-28-34(22)25/h4-8,13-16H,3,9-12H2,1-2H3. The minimum Gasteiger partial charge on any atom is -0.353 e. The summed E-state index contributed by atoms with van der Waals surface area (Å²) < 4.78 is 3.59. The molecule has 1 saturated heterocycles. The summed E-state index contributed by atoms with van der Waals surface area (Å²) in [7, 11) is 0. The molecule has 1 aliphatic heterocycles. The van der Waals surface area contributed by atoms with Crippen LogP contribution in [0, 0.1) is 6.92 Å². The van der Waals surface area contributed by atoms with Gasteiger partial charge in [-0.3, -0.25) is 4.79 Å². The van der Waals surface area contributed by atoms with Gasteiger partial charge in [0.15, 0.2) is 5.65 Å². The van der Waals surface area contributed by atoms with Gasteiger partial charge in [-0.2, -0.15) is 19.7 Å². The van der Waals surface area contributed by atoms with E-state index in [4.69, 9.17) is 4.98 Å². The number of hydrogen-bond donors (Lipinski definition) is 0. The first-order chi connectivity index (χ1) is 17.1. The molecule has 10 nitrogen and oxygen atoms in total. The van der Waals surface area contributed by atoms with E-state index in [1.807, 2.05) is 65.9 Å². The number of hydrogen-bond acceptors (Lipinski definition) is 7. The first-order valence-electron chi connectivity index (χ1n) is 11.8. The van der Waals surface area contributed by atoms with E-state index in [1.54, 1.807) is 10.7 Å². The molecule has 0 saturated carbocycles. The predicted molar refractivity (Wildman–Crippen MR) is 132 cm³/mol. The van der Waals surface area contributed by atoms with Gasteiger partial charge in [0.2, 0.25) is 0 Å². The van der Waals surface area contributed by atoms with Gasteiger partial charge in [-0.1, -0.05) is 30.3 Å². The van der Waals surface area contributed by atoms with E-state index in [2.05, 4.69) is 25.1 Å². The molecular weight excluding hydrogens is 442 g/mol. The van der Waals surface area contributed by atoms with Crippen molar-refractivity contribution in [1.82, 2.24) is 39.2 Å². The molecule has 4 aromatic heterocycles. The predicted octanol–water partition coefficient (Wildman–Crippen LogP) is 2.83. The van der Waals surface area contributed by atoms with Gasteiger partial charge < -0.3 is 9.80 Å². The zero-order valence-electron chi connectivity index (χ0n) is 19.7. The number of pyridine rings is 1. The topological polar surface area (TPSA) is 97.3 Å². The third-order valence-corrected chi connectivity index (χ3v) is 6.46. The Morgan fingerprint density at radius 1 is 1.00 bits per heavy atom. The van der Waals surface area contributed by atoms with Crippen LogP contribution in [0.25, 0.3) is 28.1 Å². The molecule has 5 heterocycles. The molecular formula is C25H25N9O. The van der Waals surface area contributed by atoms with Crippen LogP contribution in [0.5, 0.6) is 0 Å². The van der Waals surface area contributed by atoms with Gasteiger partial charge in [0, 0.05) is 50.0 Å². The number of fused-ring (bicyclic) bond motifs is 2. The summed E-state index contributed by atoms with van der Waals surface area (Å²) in [5, 5.41) is 9.58. The maximum atomic E-state index is 13.8. The largest absolute Gasteiger partial charge is 0.353 e. The molecule has 10 heteroatoms. The fourth-order valence-electron chi connectivity index (χ4n) is 4.66. The Morgan fingerprint density at radius 3 is 2.57 bits per heavy atom. The van der Waals surface area contributed by atoms with Gasteiger partial charge in [-0.15, -0.1) is 0 Å². The number of amides is 1. The summed E-state index contributed by atoms with van der Waals surface area (Å²) in [6.45, 7) is 7.25. The number of aromatic nitrogens is 7. The Labute approximate surface area is 201 Å². The van der Waals surface area contributed by atoms with Gasteiger partial charge in [0.05, 0.1) is 22.8 Å². The summed E-state index contributed by atoms with van der Waals surface area (Å²) >= 11 is 0. The lowest BCUT2D eigenvalue weighted by molar-refractivity contribution is 0.0748. The van der Waals surface area contributed by atoms with E-state index >= 15 is 0 Å². The lowest BCUT2D eigenvalue weighted by Gasteiger charge is -2.36. The van der Waals surface area contributed by atoms with Crippen molar-refractivity contribution in [2.24, 2.45) is 0 Å². The van der Waals surface area contributed by atoms with Crippen LogP contribution in [0.4, 0.5) is 5.82 Å². The quantitative estimate of drug-likeness (QED) is 0.401. The number of aryl methyl sites for hydroxylation is 2. The SMILES string of the molecule is CCn1ncc2c(C(=O)N3CCN(c4cc(C)nc5ncnn45)CC3)cc(-c3ccccc3)nc21. The fraction of sp³-hybridized carbons (Fsp3) is 0.280. The zero-order valence-corrected chi connectivity index (χ0v) is 19.7. The van der Waals surface area contributed by atoms with E-state index in [0.29, 0.717) is 44.1 Å². The number of nitrogens with zero attached hydrogens (tertiary/aromatic N) is 9.